The number of imide groups is 1. The Balaban J connectivity index is 1.85. The minimum Gasteiger partial charge on any atom is -0.267 e. The SMILES string of the molecule is C=C[C@@H]1CC(C#N)(C#N)C[C@H]1NN1C(=O)c2ccccc2C1=O. The Morgan fingerprint density at radius 2 is 1.74 bits per heavy atom. The van der Waals surface area contributed by atoms with Crippen molar-refractivity contribution in [2.75, 3.05) is 0 Å². The van der Waals surface area contributed by atoms with E-state index in [4.69, 9.17) is 0 Å². The lowest BCUT2D eigenvalue weighted by atomic mass is 9.89. The predicted octanol–water partition coefficient (Wildman–Crippen LogP) is 1.79. The van der Waals surface area contributed by atoms with Crippen LogP contribution in [-0.2, 0) is 0 Å². The summed E-state index contributed by atoms with van der Waals surface area (Å²) in [5, 5.41) is 19.5. The Bertz CT molecular complexity index is 738. The molecule has 6 nitrogen and oxygen atoms in total. The summed E-state index contributed by atoms with van der Waals surface area (Å²) in [4.78, 5) is 24.8. The van der Waals surface area contributed by atoms with Crippen molar-refractivity contribution in [3.8, 4) is 12.1 Å². The van der Waals surface area contributed by atoms with E-state index in [0.29, 0.717) is 17.5 Å². The molecule has 2 aliphatic rings. The van der Waals surface area contributed by atoms with E-state index < -0.39 is 17.2 Å². The lowest BCUT2D eigenvalue weighted by Gasteiger charge is -2.23. The van der Waals surface area contributed by atoms with Gasteiger partial charge in [-0.15, -0.1) is 6.58 Å². The van der Waals surface area contributed by atoms with Gasteiger partial charge in [-0.3, -0.25) is 9.59 Å². The normalized spacial score (nSPS) is 24.9. The van der Waals surface area contributed by atoms with Crippen LogP contribution in [0.4, 0.5) is 0 Å². The van der Waals surface area contributed by atoms with Crippen molar-refractivity contribution in [2.24, 2.45) is 11.3 Å². The summed E-state index contributed by atoms with van der Waals surface area (Å²) in [6.07, 6.45) is 2.24. The van der Waals surface area contributed by atoms with Crippen molar-refractivity contribution in [3.63, 3.8) is 0 Å². The predicted molar refractivity (Wildman–Crippen MR) is 80.4 cm³/mol. The zero-order valence-corrected chi connectivity index (χ0v) is 12.3. The van der Waals surface area contributed by atoms with Crippen LogP contribution in [0.2, 0.25) is 0 Å². The Morgan fingerprint density at radius 1 is 1.17 bits per heavy atom. The summed E-state index contributed by atoms with van der Waals surface area (Å²) in [5.74, 6) is -1.00. The zero-order chi connectivity index (χ0) is 16.6. The number of rotatable bonds is 3. The van der Waals surface area contributed by atoms with Gasteiger partial charge in [0.1, 0.15) is 5.41 Å². The van der Waals surface area contributed by atoms with E-state index in [2.05, 4.69) is 12.0 Å². The second-order valence-corrected chi connectivity index (χ2v) is 5.84. The molecule has 1 heterocycles. The third-order valence-electron chi connectivity index (χ3n) is 4.49. The van der Waals surface area contributed by atoms with Crippen LogP contribution in [0.5, 0.6) is 0 Å². The van der Waals surface area contributed by atoms with Gasteiger partial charge >= 0.3 is 0 Å². The van der Waals surface area contributed by atoms with Gasteiger partial charge in [0.2, 0.25) is 0 Å². The molecular weight excluding hydrogens is 292 g/mol. The largest absolute Gasteiger partial charge is 0.276 e. The van der Waals surface area contributed by atoms with Crippen LogP contribution in [0.1, 0.15) is 33.6 Å². The van der Waals surface area contributed by atoms with Gasteiger partial charge in [-0.1, -0.05) is 18.2 Å². The lowest BCUT2D eigenvalue weighted by molar-refractivity contribution is 0.0523. The maximum atomic E-state index is 12.4. The fourth-order valence-corrected chi connectivity index (χ4v) is 3.22. The standard InChI is InChI=1S/C17H14N4O2/c1-2-11-7-17(9-18,10-19)8-14(11)20-21-15(22)12-5-3-4-6-13(12)16(21)23/h2-6,11,14,20H,1,7-8H2/t11-,14-/m1/s1. The van der Waals surface area contributed by atoms with Crippen LogP contribution in [0.25, 0.3) is 0 Å². The number of nitrogens with zero attached hydrogens (tertiary/aromatic N) is 3. The molecule has 2 atom stereocenters. The van der Waals surface area contributed by atoms with E-state index in [1.54, 1.807) is 30.3 Å². The highest BCUT2D eigenvalue weighted by Gasteiger charge is 2.47. The maximum Gasteiger partial charge on any atom is 0.276 e. The number of carbonyl (C=O) groups is 2. The molecule has 1 fully saturated rings. The zero-order valence-electron chi connectivity index (χ0n) is 12.3. The minimum atomic E-state index is -1.12. The van der Waals surface area contributed by atoms with Gasteiger partial charge in [0, 0.05) is 6.04 Å². The first-order valence-corrected chi connectivity index (χ1v) is 7.24. The first-order chi connectivity index (χ1) is 11.0. The quantitative estimate of drug-likeness (QED) is 0.678. The van der Waals surface area contributed by atoms with Crippen molar-refractivity contribution in [2.45, 2.75) is 18.9 Å². The Hall–Kier alpha value is -2.96. The van der Waals surface area contributed by atoms with Gasteiger partial charge in [-0.25, -0.2) is 10.4 Å². The second-order valence-electron chi connectivity index (χ2n) is 5.84. The molecule has 0 radical (unpaired) electrons. The van der Waals surface area contributed by atoms with Gasteiger partial charge in [0.15, 0.2) is 0 Å². The third-order valence-corrected chi connectivity index (χ3v) is 4.49. The number of hydrogen-bond donors (Lipinski definition) is 1. The summed E-state index contributed by atoms with van der Waals surface area (Å²) in [6, 6.07) is 10.3. The lowest BCUT2D eigenvalue weighted by Crippen LogP contribution is -2.49. The Kier molecular flexibility index (Phi) is 3.48. The minimum absolute atomic E-state index is 0.168. The highest BCUT2D eigenvalue weighted by Crippen LogP contribution is 2.42. The molecule has 1 aromatic carbocycles. The van der Waals surface area contributed by atoms with Crippen LogP contribution in [0.15, 0.2) is 36.9 Å². The van der Waals surface area contributed by atoms with Crippen LogP contribution < -0.4 is 5.43 Å². The summed E-state index contributed by atoms with van der Waals surface area (Å²) in [7, 11) is 0. The molecule has 1 aromatic rings. The fraction of sp³-hybridized carbons (Fsp3) is 0.294. The monoisotopic (exact) mass is 306 g/mol. The molecule has 1 saturated carbocycles. The first kappa shape index (κ1) is 15.0. The van der Waals surface area contributed by atoms with Crippen molar-refractivity contribution in [1.82, 2.24) is 10.4 Å². The number of fused-ring (bicyclic) bond motifs is 1. The molecule has 0 spiro atoms. The summed E-state index contributed by atoms with van der Waals surface area (Å²) >= 11 is 0. The smallest absolute Gasteiger partial charge is 0.267 e. The fourth-order valence-electron chi connectivity index (χ4n) is 3.22. The van der Waals surface area contributed by atoms with Crippen molar-refractivity contribution >= 4 is 11.8 Å². The number of benzene rings is 1. The van der Waals surface area contributed by atoms with E-state index in [1.165, 1.54) is 0 Å². The van der Waals surface area contributed by atoms with Gasteiger partial charge < -0.3 is 0 Å². The molecule has 1 aliphatic heterocycles. The second kappa shape index (κ2) is 5.35. The molecule has 6 heteroatoms. The van der Waals surface area contributed by atoms with Gasteiger partial charge in [-0.05, 0) is 30.9 Å². The number of hydrazine groups is 1. The molecule has 1 aliphatic carbocycles. The van der Waals surface area contributed by atoms with E-state index >= 15 is 0 Å². The summed E-state index contributed by atoms with van der Waals surface area (Å²) < 4.78 is 0. The molecule has 0 saturated heterocycles. The van der Waals surface area contributed by atoms with Crippen LogP contribution >= 0.6 is 0 Å². The van der Waals surface area contributed by atoms with Crippen molar-refractivity contribution < 1.29 is 9.59 Å². The number of amides is 2. The summed E-state index contributed by atoms with van der Waals surface area (Å²) in [6.45, 7) is 3.73. The molecule has 3 rings (SSSR count). The maximum absolute atomic E-state index is 12.4. The van der Waals surface area contributed by atoms with E-state index in [0.717, 1.165) is 5.01 Å². The number of carbonyl (C=O) groups excluding carboxylic acids is 2. The molecule has 0 bridgehead atoms. The molecular formula is C17H14N4O2. The Morgan fingerprint density at radius 3 is 2.22 bits per heavy atom. The van der Waals surface area contributed by atoms with Gasteiger partial charge in [-0.2, -0.15) is 10.5 Å². The van der Waals surface area contributed by atoms with Crippen molar-refractivity contribution in [3.05, 3.63) is 48.0 Å². The molecule has 0 aromatic heterocycles. The Labute approximate surface area is 133 Å². The molecule has 23 heavy (non-hydrogen) atoms. The average molecular weight is 306 g/mol. The van der Waals surface area contributed by atoms with Crippen LogP contribution in [0.3, 0.4) is 0 Å². The average Bonchev–Trinajstić information content (AvgIpc) is 3.07. The van der Waals surface area contributed by atoms with Crippen LogP contribution in [-0.4, -0.2) is 22.9 Å². The van der Waals surface area contributed by atoms with E-state index in [9.17, 15) is 20.1 Å². The third kappa shape index (κ3) is 2.21. The van der Waals surface area contributed by atoms with Gasteiger partial charge in [0.05, 0.1) is 23.3 Å². The highest BCUT2D eigenvalue weighted by atomic mass is 16.2. The molecule has 1 N–H and O–H groups in total. The first-order valence-electron chi connectivity index (χ1n) is 7.24. The molecule has 0 unspecified atom stereocenters. The van der Waals surface area contributed by atoms with E-state index in [1.807, 2.05) is 12.1 Å². The summed E-state index contributed by atoms with van der Waals surface area (Å²) in [5.41, 5.74) is 2.50. The number of nitriles is 2. The topological polar surface area (TPSA) is 97.0 Å². The number of hydrogen-bond acceptors (Lipinski definition) is 5. The van der Waals surface area contributed by atoms with E-state index in [-0.39, 0.29) is 18.4 Å². The number of nitrogens with one attached hydrogen (secondary N) is 1. The highest BCUT2D eigenvalue weighted by molar-refractivity contribution is 6.20. The van der Waals surface area contributed by atoms with Crippen molar-refractivity contribution in [1.29, 1.82) is 10.5 Å². The van der Waals surface area contributed by atoms with Gasteiger partial charge in [0.25, 0.3) is 11.8 Å². The molecule has 114 valence electrons. The molecule has 2 amide bonds. The van der Waals surface area contributed by atoms with Crippen LogP contribution in [0, 0.1) is 34.0 Å².